The molecule has 0 radical (unpaired) electrons. The van der Waals surface area contributed by atoms with E-state index in [9.17, 15) is 14.4 Å². The molecule has 6 nitrogen and oxygen atoms in total. The Bertz CT molecular complexity index is 333. The zero-order valence-corrected chi connectivity index (χ0v) is 8.23. The second-order valence-corrected chi connectivity index (χ2v) is 3.05. The summed E-state index contributed by atoms with van der Waals surface area (Å²) < 4.78 is 4.45. The molecule has 0 fully saturated rings. The number of rotatable bonds is 4. The van der Waals surface area contributed by atoms with Gasteiger partial charge in [-0.3, -0.25) is 9.59 Å². The predicted octanol–water partition coefficient (Wildman–Crippen LogP) is -0.250. The van der Waals surface area contributed by atoms with Crippen LogP contribution in [0.15, 0.2) is 11.8 Å². The van der Waals surface area contributed by atoms with Crippen LogP contribution >= 0.6 is 0 Å². The van der Waals surface area contributed by atoms with Gasteiger partial charge in [-0.1, -0.05) is 0 Å². The first-order valence-electron chi connectivity index (χ1n) is 4.35. The van der Waals surface area contributed by atoms with Gasteiger partial charge in [0.25, 0.3) is 0 Å². The van der Waals surface area contributed by atoms with Gasteiger partial charge in [-0.25, -0.2) is 4.79 Å². The Kier molecular flexibility index (Phi) is 3.43. The fraction of sp³-hybridized carbons (Fsp3) is 0.444. The number of esters is 1. The highest BCUT2D eigenvalue weighted by Crippen LogP contribution is 2.16. The van der Waals surface area contributed by atoms with E-state index in [-0.39, 0.29) is 30.9 Å². The van der Waals surface area contributed by atoms with Gasteiger partial charge in [0, 0.05) is 12.7 Å². The summed E-state index contributed by atoms with van der Waals surface area (Å²) in [6, 6.07) is 0. The predicted molar refractivity (Wildman–Crippen MR) is 48.7 cm³/mol. The lowest BCUT2D eigenvalue weighted by Crippen LogP contribution is -2.23. The minimum atomic E-state index is -0.984. The summed E-state index contributed by atoms with van der Waals surface area (Å²) in [6.07, 6.45) is 1.18. The van der Waals surface area contributed by atoms with Crippen molar-refractivity contribution in [3.63, 3.8) is 0 Å². The van der Waals surface area contributed by atoms with Crippen LogP contribution in [0.3, 0.4) is 0 Å². The average molecular weight is 213 g/mol. The summed E-state index contributed by atoms with van der Waals surface area (Å²) in [6.45, 7) is 0.0780. The number of hydrogen-bond acceptors (Lipinski definition) is 4. The SMILES string of the molecule is COC(=O)C1=CN(CCC(=O)O)C(=O)C1. The van der Waals surface area contributed by atoms with Crippen LogP contribution in [0, 0.1) is 0 Å². The first-order valence-corrected chi connectivity index (χ1v) is 4.35. The lowest BCUT2D eigenvalue weighted by Gasteiger charge is -2.10. The Morgan fingerprint density at radius 1 is 1.60 bits per heavy atom. The van der Waals surface area contributed by atoms with Crippen LogP contribution in [0.2, 0.25) is 0 Å². The van der Waals surface area contributed by atoms with E-state index in [1.54, 1.807) is 0 Å². The largest absolute Gasteiger partial charge is 0.481 e. The Hall–Kier alpha value is -1.85. The first kappa shape index (κ1) is 11.2. The van der Waals surface area contributed by atoms with Crippen molar-refractivity contribution in [3.8, 4) is 0 Å². The number of carboxylic acid groups (broad SMARTS) is 1. The van der Waals surface area contributed by atoms with Crippen LogP contribution in [-0.2, 0) is 19.1 Å². The molecule has 0 aromatic carbocycles. The minimum Gasteiger partial charge on any atom is -0.481 e. The molecule has 0 aromatic rings. The van der Waals surface area contributed by atoms with Gasteiger partial charge in [0.05, 0.1) is 25.5 Å². The van der Waals surface area contributed by atoms with Gasteiger partial charge in [-0.15, -0.1) is 0 Å². The number of aliphatic carboxylic acids is 1. The summed E-state index contributed by atoms with van der Waals surface area (Å²) in [5.74, 6) is -1.82. The van der Waals surface area contributed by atoms with E-state index in [1.807, 2.05) is 0 Å². The molecular formula is C9H11NO5. The molecule has 1 heterocycles. The van der Waals surface area contributed by atoms with Crippen molar-refractivity contribution in [2.75, 3.05) is 13.7 Å². The highest BCUT2D eigenvalue weighted by Gasteiger charge is 2.26. The van der Waals surface area contributed by atoms with Gasteiger partial charge in [-0.05, 0) is 0 Å². The molecule has 1 N–H and O–H groups in total. The van der Waals surface area contributed by atoms with E-state index in [0.717, 1.165) is 0 Å². The van der Waals surface area contributed by atoms with Crippen LogP contribution in [0.4, 0.5) is 0 Å². The Morgan fingerprint density at radius 3 is 2.80 bits per heavy atom. The smallest absolute Gasteiger partial charge is 0.335 e. The highest BCUT2D eigenvalue weighted by atomic mass is 16.5. The number of hydrogen-bond donors (Lipinski definition) is 1. The van der Waals surface area contributed by atoms with Crippen LogP contribution < -0.4 is 0 Å². The minimum absolute atomic E-state index is 0.0215. The summed E-state index contributed by atoms with van der Waals surface area (Å²) in [5.41, 5.74) is 0.257. The molecule has 1 aliphatic rings. The summed E-state index contributed by atoms with van der Waals surface area (Å²) in [7, 11) is 1.23. The van der Waals surface area contributed by atoms with Gasteiger partial charge >= 0.3 is 11.9 Å². The zero-order chi connectivity index (χ0) is 11.4. The molecule has 82 valence electrons. The van der Waals surface area contributed by atoms with Crippen molar-refractivity contribution in [3.05, 3.63) is 11.8 Å². The van der Waals surface area contributed by atoms with E-state index < -0.39 is 11.9 Å². The van der Waals surface area contributed by atoms with Gasteiger partial charge in [0.15, 0.2) is 0 Å². The van der Waals surface area contributed by atoms with Crippen molar-refractivity contribution < 1.29 is 24.2 Å². The normalized spacial score (nSPS) is 15.1. The molecule has 0 aromatic heterocycles. The molecule has 0 saturated carbocycles. The Balaban J connectivity index is 2.59. The molecule has 1 rings (SSSR count). The molecule has 0 atom stereocenters. The van der Waals surface area contributed by atoms with E-state index in [4.69, 9.17) is 5.11 Å². The molecular weight excluding hydrogens is 202 g/mol. The molecule has 0 saturated heterocycles. The second kappa shape index (κ2) is 4.59. The molecule has 0 bridgehead atoms. The standard InChI is InChI=1S/C9H11NO5/c1-15-9(14)6-4-7(11)10(5-6)3-2-8(12)13/h5H,2-4H2,1H3,(H,12,13). The third-order valence-corrected chi connectivity index (χ3v) is 1.99. The Morgan fingerprint density at radius 2 is 2.27 bits per heavy atom. The third-order valence-electron chi connectivity index (χ3n) is 1.99. The van der Waals surface area contributed by atoms with Crippen molar-refractivity contribution in [2.24, 2.45) is 0 Å². The Labute approximate surface area is 86.1 Å². The van der Waals surface area contributed by atoms with Gasteiger partial charge in [-0.2, -0.15) is 0 Å². The summed E-state index contributed by atoms with van der Waals surface area (Å²) >= 11 is 0. The van der Waals surface area contributed by atoms with Crippen molar-refractivity contribution >= 4 is 17.8 Å². The molecule has 0 unspecified atom stereocenters. The number of ether oxygens (including phenoxy) is 1. The number of carbonyl (C=O) groups excluding carboxylic acids is 2. The van der Waals surface area contributed by atoms with Crippen molar-refractivity contribution in [1.82, 2.24) is 4.90 Å². The maximum atomic E-state index is 11.3. The fourth-order valence-electron chi connectivity index (χ4n) is 1.23. The number of amides is 1. The van der Waals surface area contributed by atoms with Crippen LogP contribution in [0.25, 0.3) is 0 Å². The van der Waals surface area contributed by atoms with Crippen molar-refractivity contribution in [2.45, 2.75) is 12.8 Å². The van der Waals surface area contributed by atoms with Gasteiger partial charge in [0.1, 0.15) is 0 Å². The fourth-order valence-corrected chi connectivity index (χ4v) is 1.23. The number of carboxylic acids is 1. The molecule has 0 aliphatic carbocycles. The summed E-state index contributed by atoms with van der Waals surface area (Å²) in [4.78, 5) is 33.9. The molecule has 0 spiro atoms. The number of methoxy groups -OCH3 is 1. The summed E-state index contributed by atoms with van der Waals surface area (Å²) in [5, 5.41) is 8.43. The molecule has 1 amide bonds. The van der Waals surface area contributed by atoms with E-state index in [0.29, 0.717) is 0 Å². The van der Waals surface area contributed by atoms with Crippen LogP contribution in [0.1, 0.15) is 12.8 Å². The monoisotopic (exact) mass is 213 g/mol. The van der Waals surface area contributed by atoms with E-state index in [2.05, 4.69) is 4.74 Å². The molecule has 6 heteroatoms. The lowest BCUT2D eigenvalue weighted by atomic mass is 10.2. The lowest BCUT2D eigenvalue weighted by molar-refractivity contribution is -0.138. The average Bonchev–Trinajstić information content (AvgIpc) is 2.55. The van der Waals surface area contributed by atoms with E-state index >= 15 is 0 Å². The quantitative estimate of drug-likeness (QED) is 0.651. The highest BCUT2D eigenvalue weighted by molar-refractivity contribution is 5.98. The zero-order valence-electron chi connectivity index (χ0n) is 8.23. The molecule has 15 heavy (non-hydrogen) atoms. The first-order chi connectivity index (χ1) is 7.04. The maximum Gasteiger partial charge on any atom is 0.335 e. The van der Waals surface area contributed by atoms with Gasteiger partial charge in [0.2, 0.25) is 5.91 Å². The molecule has 1 aliphatic heterocycles. The van der Waals surface area contributed by atoms with Crippen molar-refractivity contribution in [1.29, 1.82) is 0 Å². The van der Waals surface area contributed by atoms with Crippen LogP contribution in [0.5, 0.6) is 0 Å². The second-order valence-electron chi connectivity index (χ2n) is 3.05. The number of carbonyl (C=O) groups is 3. The maximum absolute atomic E-state index is 11.3. The van der Waals surface area contributed by atoms with Crippen LogP contribution in [-0.4, -0.2) is 41.5 Å². The van der Waals surface area contributed by atoms with Gasteiger partial charge < -0.3 is 14.7 Å². The van der Waals surface area contributed by atoms with E-state index in [1.165, 1.54) is 18.2 Å². The topological polar surface area (TPSA) is 83.9 Å². The number of nitrogens with zero attached hydrogens (tertiary/aromatic N) is 1. The third kappa shape index (κ3) is 2.80.